The predicted octanol–water partition coefficient (Wildman–Crippen LogP) is 10.00. The quantitative estimate of drug-likeness (QED) is 0.288. The first-order chi connectivity index (χ1) is 17.8. The summed E-state index contributed by atoms with van der Waals surface area (Å²) in [7, 11) is 1.84. The molecule has 2 nitrogen and oxygen atoms in total. The number of ether oxygens (including phenoxy) is 1. The minimum Gasteiger partial charge on any atom is -0.377 e. The van der Waals surface area contributed by atoms with E-state index >= 15 is 0 Å². The third-order valence-electron chi connectivity index (χ3n) is 14.7. The summed E-state index contributed by atoms with van der Waals surface area (Å²) < 4.78 is 5.70. The van der Waals surface area contributed by atoms with Crippen LogP contribution in [0.15, 0.2) is 35.5 Å². The van der Waals surface area contributed by atoms with Crippen LogP contribution in [0.2, 0.25) is 0 Å². The monoisotopic (exact) mass is 536 g/mol. The fourth-order valence-corrected chi connectivity index (χ4v) is 9.98. The number of carbonyl (C=O) groups is 1. The van der Waals surface area contributed by atoms with Gasteiger partial charge in [-0.15, -0.1) is 0 Å². The van der Waals surface area contributed by atoms with Crippen molar-refractivity contribution in [3.63, 3.8) is 0 Å². The molecule has 0 bridgehead atoms. The molecule has 4 rings (SSSR count). The van der Waals surface area contributed by atoms with Crippen LogP contribution in [-0.4, -0.2) is 19.0 Å². The van der Waals surface area contributed by atoms with E-state index in [0.29, 0.717) is 29.0 Å². The lowest BCUT2D eigenvalue weighted by molar-refractivity contribution is -0.148. The number of ketones is 1. The third kappa shape index (κ3) is 4.40. The molecule has 0 amide bonds. The van der Waals surface area contributed by atoms with Crippen molar-refractivity contribution in [2.24, 2.45) is 56.2 Å². The van der Waals surface area contributed by atoms with Gasteiger partial charge in [0.1, 0.15) is 5.78 Å². The first-order valence-corrected chi connectivity index (χ1v) is 15.9. The van der Waals surface area contributed by atoms with E-state index < -0.39 is 0 Å². The van der Waals surface area contributed by atoms with Crippen molar-refractivity contribution in [1.82, 2.24) is 0 Å². The minimum absolute atomic E-state index is 0.00490. The van der Waals surface area contributed by atoms with Crippen LogP contribution in [0.25, 0.3) is 0 Å². The molecule has 0 radical (unpaired) electrons. The maximum atomic E-state index is 12.8. The maximum Gasteiger partial charge on any atom is 0.135 e. The van der Waals surface area contributed by atoms with E-state index in [1.807, 2.05) is 7.11 Å². The Balaban J connectivity index is 1.57. The number of rotatable bonds is 8. The van der Waals surface area contributed by atoms with Crippen LogP contribution < -0.4 is 0 Å². The summed E-state index contributed by atoms with van der Waals surface area (Å²) >= 11 is 0. The van der Waals surface area contributed by atoms with E-state index in [0.717, 1.165) is 12.3 Å². The van der Waals surface area contributed by atoms with Crippen LogP contribution in [0.4, 0.5) is 0 Å². The fraction of sp³-hybridized carbons (Fsp3) is 0.811. The highest BCUT2D eigenvalue weighted by atomic mass is 16.5. The Bertz CT molecular complexity index is 1060. The lowest BCUT2D eigenvalue weighted by Crippen LogP contribution is -2.54. The predicted molar refractivity (Wildman–Crippen MR) is 165 cm³/mol. The molecule has 0 aromatic carbocycles. The molecule has 0 N–H and O–H groups in total. The highest BCUT2D eigenvalue weighted by Gasteiger charge is 2.59. The second-order valence-corrected chi connectivity index (χ2v) is 16.8. The maximum absolute atomic E-state index is 12.8. The minimum atomic E-state index is -0.368. The van der Waals surface area contributed by atoms with Gasteiger partial charge in [0, 0.05) is 17.9 Å². The highest BCUT2D eigenvalue weighted by molar-refractivity contribution is 5.82. The van der Waals surface area contributed by atoms with Crippen LogP contribution in [0.1, 0.15) is 122 Å². The van der Waals surface area contributed by atoms with Gasteiger partial charge in [-0.2, -0.15) is 0 Å². The number of allylic oxidation sites excluding steroid dienone is 4. The Morgan fingerprint density at radius 3 is 2.21 bits per heavy atom. The molecule has 0 aromatic rings. The van der Waals surface area contributed by atoms with Crippen molar-refractivity contribution in [3.8, 4) is 0 Å². The molecule has 39 heavy (non-hydrogen) atoms. The molecule has 0 heterocycles. The van der Waals surface area contributed by atoms with Crippen LogP contribution in [-0.2, 0) is 9.53 Å². The van der Waals surface area contributed by atoms with Gasteiger partial charge in [-0.3, -0.25) is 4.79 Å². The van der Waals surface area contributed by atoms with Crippen LogP contribution in [0.3, 0.4) is 0 Å². The smallest absolute Gasteiger partial charge is 0.135 e. The van der Waals surface area contributed by atoms with Gasteiger partial charge in [0.05, 0.1) is 6.10 Å². The summed E-state index contributed by atoms with van der Waals surface area (Å²) in [5.74, 6) is 3.05. The summed E-state index contributed by atoms with van der Waals surface area (Å²) in [5.41, 5.74) is 3.45. The summed E-state index contributed by atoms with van der Waals surface area (Å²) in [6, 6.07) is 0. The van der Waals surface area contributed by atoms with Crippen LogP contribution in [0.5, 0.6) is 0 Å². The van der Waals surface area contributed by atoms with Crippen molar-refractivity contribution in [2.75, 3.05) is 7.11 Å². The summed E-state index contributed by atoms with van der Waals surface area (Å²) in [6.45, 7) is 28.3. The van der Waals surface area contributed by atoms with Gasteiger partial charge in [0.25, 0.3) is 0 Å². The van der Waals surface area contributed by atoms with Gasteiger partial charge in [-0.1, -0.05) is 112 Å². The van der Waals surface area contributed by atoms with Gasteiger partial charge in [0.15, 0.2) is 0 Å². The highest BCUT2D eigenvalue weighted by Crippen LogP contribution is 2.67. The molecule has 5 unspecified atom stereocenters. The van der Waals surface area contributed by atoms with Crippen molar-refractivity contribution in [3.05, 3.63) is 35.5 Å². The molecular weight excluding hydrogens is 476 g/mol. The molecule has 220 valence electrons. The number of Topliss-reactive ketones (excluding diaryl/α,β-unsaturated/α-hetero) is 1. The molecule has 7 atom stereocenters. The van der Waals surface area contributed by atoms with E-state index in [-0.39, 0.29) is 33.2 Å². The second-order valence-electron chi connectivity index (χ2n) is 16.8. The van der Waals surface area contributed by atoms with Gasteiger partial charge < -0.3 is 4.74 Å². The van der Waals surface area contributed by atoms with Crippen molar-refractivity contribution in [2.45, 2.75) is 128 Å². The first-order valence-electron chi connectivity index (χ1n) is 15.9. The fourth-order valence-electron chi connectivity index (χ4n) is 9.98. The van der Waals surface area contributed by atoms with Gasteiger partial charge in [-0.25, -0.2) is 0 Å². The normalized spacial score (nSPS) is 35.9. The zero-order valence-corrected chi connectivity index (χ0v) is 27.8. The van der Waals surface area contributed by atoms with E-state index in [9.17, 15) is 4.79 Å². The molecule has 2 heteroatoms. The molecular formula is C37H60O2. The summed E-state index contributed by atoms with van der Waals surface area (Å²) in [4.78, 5) is 12.8. The van der Waals surface area contributed by atoms with E-state index in [4.69, 9.17) is 4.74 Å². The lowest BCUT2D eigenvalue weighted by Gasteiger charge is -2.59. The molecule has 0 aromatic heterocycles. The molecule has 2 saturated carbocycles. The summed E-state index contributed by atoms with van der Waals surface area (Å²) in [5, 5.41) is 0. The standard InChI is InChI=1S/C37H60O2/c1-24(23-32(3,4)34(7,8)35(9,10)33(5,6)25(2)38)29-16-17-30-28-15-14-26-22-27(39-13)18-20-36(26,11)31(28)19-21-37(29,30)12/h14-15,18,20,24,27,29-31H,16-17,19,21-23H2,1-13H3/t24?,27?,29?,30?,31?,36-,37+/m0/s1. The summed E-state index contributed by atoms with van der Waals surface area (Å²) in [6.07, 6.45) is 17.6. The zero-order chi connectivity index (χ0) is 29.4. The van der Waals surface area contributed by atoms with E-state index in [1.165, 1.54) is 32.1 Å². The van der Waals surface area contributed by atoms with Gasteiger partial charge >= 0.3 is 0 Å². The van der Waals surface area contributed by atoms with Gasteiger partial charge in [0.2, 0.25) is 0 Å². The molecule has 4 aliphatic rings. The Morgan fingerprint density at radius 2 is 1.62 bits per heavy atom. The Labute approximate surface area is 241 Å². The first kappa shape index (κ1) is 30.8. The SMILES string of the molecule is COC1C=C[C@@]2(C)C(=CC=C3C4CCC(C(C)CC(C)(C)C(C)(C)C(C)(C)C(C)(C)C(C)=O)[C@@]4(C)CCC32)C1. The molecule has 4 aliphatic carbocycles. The van der Waals surface area contributed by atoms with E-state index in [2.05, 4.69) is 100 Å². The van der Waals surface area contributed by atoms with Crippen molar-refractivity contribution < 1.29 is 9.53 Å². The lowest BCUT2D eigenvalue weighted by atomic mass is 9.45. The zero-order valence-electron chi connectivity index (χ0n) is 27.8. The Morgan fingerprint density at radius 1 is 0.974 bits per heavy atom. The van der Waals surface area contributed by atoms with Crippen LogP contribution >= 0.6 is 0 Å². The van der Waals surface area contributed by atoms with Crippen LogP contribution in [0, 0.1) is 56.2 Å². The number of hydrogen-bond donors (Lipinski definition) is 0. The number of methoxy groups -OCH3 is 1. The van der Waals surface area contributed by atoms with E-state index in [1.54, 1.807) is 18.1 Å². The molecule has 0 aliphatic heterocycles. The van der Waals surface area contributed by atoms with Crippen molar-refractivity contribution in [1.29, 1.82) is 0 Å². The number of fused-ring (bicyclic) bond motifs is 5. The molecule has 0 saturated heterocycles. The third-order valence-corrected chi connectivity index (χ3v) is 14.7. The average molecular weight is 537 g/mol. The second kappa shape index (κ2) is 9.71. The topological polar surface area (TPSA) is 26.3 Å². The molecule has 2 fully saturated rings. The Kier molecular flexibility index (Phi) is 7.67. The number of hydrogen-bond acceptors (Lipinski definition) is 2. The largest absolute Gasteiger partial charge is 0.377 e. The molecule has 0 spiro atoms. The number of carbonyl (C=O) groups excluding carboxylic acids is 1. The van der Waals surface area contributed by atoms with Gasteiger partial charge in [-0.05, 0) is 90.8 Å². The van der Waals surface area contributed by atoms with Crippen molar-refractivity contribution >= 4 is 5.78 Å². The average Bonchev–Trinajstić information content (AvgIpc) is 3.20. The Hall–Kier alpha value is -1.15.